The van der Waals surface area contributed by atoms with Gasteiger partial charge in [-0.1, -0.05) is 11.6 Å². The van der Waals surface area contributed by atoms with E-state index in [0.29, 0.717) is 48.2 Å². The van der Waals surface area contributed by atoms with Gasteiger partial charge in [0.1, 0.15) is 11.6 Å². The zero-order valence-electron chi connectivity index (χ0n) is 17.9. The van der Waals surface area contributed by atoms with E-state index in [4.69, 9.17) is 16.3 Å². The molecule has 3 aromatic rings. The van der Waals surface area contributed by atoms with Crippen molar-refractivity contribution in [2.45, 2.75) is 4.90 Å². The van der Waals surface area contributed by atoms with Crippen molar-refractivity contribution in [1.82, 2.24) is 9.88 Å². The van der Waals surface area contributed by atoms with Gasteiger partial charge in [0.05, 0.1) is 17.0 Å². The summed E-state index contributed by atoms with van der Waals surface area (Å²) < 4.78 is 32.9. The number of carbonyl (C=O) groups is 1. The number of ether oxygens (including phenoxy) is 1. The maximum atomic E-state index is 12.9. The minimum Gasteiger partial charge on any atom is -0.497 e. The summed E-state index contributed by atoms with van der Waals surface area (Å²) in [6, 6.07) is 16.2. The van der Waals surface area contributed by atoms with E-state index in [1.54, 1.807) is 48.5 Å². The summed E-state index contributed by atoms with van der Waals surface area (Å²) in [5, 5.41) is 0.581. The molecule has 0 aliphatic carbocycles. The van der Waals surface area contributed by atoms with Gasteiger partial charge in [-0.15, -0.1) is 0 Å². The molecule has 2 heterocycles. The number of hydrogen-bond donors (Lipinski definition) is 1. The molecule has 1 saturated heterocycles. The molecule has 0 atom stereocenters. The van der Waals surface area contributed by atoms with Crippen LogP contribution in [0.3, 0.4) is 0 Å². The molecule has 1 fully saturated rings. The van der Waals surface area contributed by atoms with Crippen molar-refractivity contribution in [3.63, 3.8) is 0 Å². The molecule has 1 N–H and O–H groups in total. The van der Waals surface area contributed by atoms with Crippen LogP contribution in [0.4, 0.5) is 11.5 Å². The van der Waals surface area contributed by atoms with Crippen LogP contribution in [0.2, 0.25) is 5.02 Å². The summed E-state index contributed by atoms with van der Waals surface area (Å²) in [7, 11) is -2.24. The van der Waals surface area contributed by atoms with E-state index >= 15 is 0 Å². The highest BCUT2D eigenvalue weighted by molar-refractivity contribution is 7.92. The van der Waals surface area contributed by atoms with Crippen molar-refractivity contribution in [3.05, 3.63) is 77.4 Å². The fourth-order valence-corrected chi connectivity index (χ4v) is 4.70. The van der Waals surface area contributed by atoms with Gasteiger partial charge in [-0.2, -0.15) is 0 Å². The molecule has 1 aromatic heterocycles. The van der Waals surface area contributed by atoms with E-state index in [9.17, 15) is 13.2 Å². The molecule has 2 aromatic carbocycles. The second kappa shape index (κ2) is 9.68. The molecule has 1 aliphatic rings. The Balaban J connectivity index is 1.38. The van der Waals surface area contributed by atoms with Gasteiger partial charge in [-0.05, 0) is 60.7 Å². The molecule has 0 spiro atoms. The number of carbonyl (C=O) groups excluding carboxylic acids is 1. The highest BCUT2D eigenvalue weighted by Gasteiger charge is 2.23. The highest BCUT2D eigenvalue weighted by atomic mass is 35.5. The van der Waals surface area contributed by atoms with Crippen molar-refractivity contribution in [3.8, 4) is 5.75 Å². The second-order valence-electron chi connectivity index (χ2n) is 7.47. The Labute approximate surface area is 197 Å². The third-order valence-corrected chi connectivity index (χ3v) is 6.98. The first-order chi connectivity index (χ1) is 15.9. The molecule has 33 heavy (non-hydrogen) atoms. The number of nitrogens with one attached hydrogen (secondary N) is 1. The maximum Gasteiger partial charge on any atom is 0.261 e. The summed E-state index contributed by atoms with van der Waals surface area (Å²) in [5.41, 5.74) is 0.862. The first-order valence-corrected chi connectivity index (χ1v) is 12.1. The molecule has 8 nitrogen and oxygen atoms in total. The van der Waals surface area contributed by atoms with Crippen molar-refractivity contribution >= 4 is 39.0 Å². The Hall–Kier alpha value is -3.30. The minimum absolute atomic E-state index is 0.0773. The van der Waals surface area contributed by atoms with Crippen molar-refractivity contribution in [2.24, 2.45) is 0 Å². The van der Waals surface area contributed by atoms with Gasteiger partial charge < -0.3 is 14.5 Å². The molecule has 1 aliphatic heterocycles. The predicted octanol–water partition coefficient (Wildman–Crippen LogP) is 3.51. The third kappa shape index (κ3) is 5.37. The van der Waals surface area contributed by atoms with Gasteiger partial charge in [0, 0.05) is 43.6 Å². The SMILES string of the molecule is COc1ccc(NS(=O)(=O)c2ccc(C(=O)N3CCN(c4ccc(Cl)cn4)CC3)cc2)cc1. The van der Waals surface area contributed by atoms with Gasteiger partial charge >= 0.3 is 0 Å². The summed E-state index contributed by atoms with van der Waals surface area (Å²) in [5.74, 6) is 1.32. The molecule has 172 valence electrons. The number of amides is 1. The molecule has 0 radical (unpaired) electrons. The molecular weight excluding hydrogens is 464 g/mol. The van der Waals surface area contributed by atoms with Gasteiger partial charge in [-0.3, -0.25) is 9.52 Å². The number of methoxy groups -OCH3 is 1. The number of nitrogens with zero attached hydrogens (tertiary/aromatic N) is 3. The minimum atomic E-state index is -3.78. The Morgan fingerprint density at radius 3 is 2.21 bits per heavy atom. The zero-order chi connectivity index (χ0) is 23.4. The van der Waals surface area contributed by atoms with E-state index in [2.05, 4.69) is 14.6 Å². The normalized spacial score (nSPS) is 14.1. The molecule has 10 heteroatoms. The van der Waals surface area contributed by atoms with Crippen molar-refractivity contribution in [2.75, 3.05) is 42.9 Å². The van der Waals surface area contributed by atoms with E-state index in [1.807, 2.05) is 6.07 Å². The average Bonchev–Trinajstić information content (AvgIpc) is 2.84. The van der Waals surface area contributed by atoms with Crippen LogP contribution in [0.15, 0.2) is 71.8 Å². The van der Waals surface area contributed by atoms with Crippen LogP contribution in [-0.2, 0) is 10.0 Å². The van der Waals surface area contributed by atoms with Crippen LogP contribution in [-0.4, -0.2) is 57.5 Å². The van der Waals surface area contributed by atoms with E-state index < -0.39 is 10.0 Å². The van der Waals surface area contributed by atoms with Crippen LogP contribution in [0, 0.1) is 0 Å². The summed E-state index contributed by atoms with van der Waals surface area (Å²) in [6.45, 7) is 2.39. The number of hydrogen-bond acceptors (Lipinski definition) is 6. The van der Waals surface area contributed by atoms with Gasteiger partial charge in [0.2, 0.25) is 0 Å². The lowest BCUT2D eigenvalue weighted by molar-refractivity contribution is 0.0746. The lowest BCUT2D eigenvalue weighted by atomic mass is 10.2. The Morgan fingerprint density at radius 2 is 1.64 bits per heavy atom. The van der Waals surface area contributed by atoms with Crippen molar-refractivity contribution < 1.29 is 17.9 Å². The number of sulfonamides is 1. The molecule has 1 amide bonds. The second-order valence-corrected chi connectivity index (χ2v) is 9.59. The Kier molecular flexibility index (Phi) is 6.71. The Morgan fingerprint density at radius 1 is 0.970 bits per heavy atom. The lowest BCUT2D eigenvalue weighted by Crippen LogP contribution is -2.49. The number of benzene rings is 2. The first kappa shape index (κ1) is 22.9. The van der Waals surface area contributed by atoms with E-state index in [-0.39, 0.29) is 10.8 Å². The van der Waals surface area contributed by atoms with Gasteiger partial charge in [0.25, 0.3) is 15.9 Å². The quantitative estimate of drug-likeness (QED) is 0.573. The fourth-order valence-electron chi connectivity index (χ4n) is 3.53. The number of halogens is 1. The van der Waals surface area contributed by atoms with Gasteiger partial charge in [0.15, 0.2) is 0 Å². The average molecular weight is 487 g/mol. The molecule has 0 saturated carbocycles. The highest BCUT2D eigenvalue weighted by Crippen LogP contribution is 2.21. The topological polar surface area (TPSA) is 91.8 Å². The lowest BCUT2D eigenvalue weighted by Gasteiger charge is -2.35. The third-order valence-electron chi connectivity index (χ3n) is 5.36. The number of rotatable bonds is 6. The maximum absolute atomic E-state index is 12.9. The van der Waals surface area contributed by atoms with E-state index in [0.717, 1.165) is 5.82 Å². The standard InChI is InChI=1S/C23H23ClN4O4S/c1-32-20-7-5-19(6-8-20)26-33(30,31)21-9-2-17(3-10-21)23(29)28-14-12-27(13-15-28)22-11-4-18(24)16-25-22/h2-11,16,26H,12-15H2,1H3. The summed E-state index contributed by atoms with van der Waals surface area (Å²) >= 11 is 5.89. The smallest absolute Gasteiger partial charge is 0.261 e. The Bertz CT molecular complexity index is 1210. The number of anilines is 2. The number of piperazine rings is 1. The largest absolute Gasteiger partial charge is 0.497 e. The van der Waals surface area contributed by atoms with Crippen LogP contribution >= 0.6 is 11.6 Å². The molecular formula is C23H23ClN4O4S. The van der Waals surface area contributed by atoms with Crippen LogP contribution in [0.1, 0.15) is 10.4 Å². The zero-order valence-corrected chi connectivity index (χ0v) is 19.5. The van der Waals surface area contributed by atoms with Crippen molar-refractivity contribution in [1.29, 1.82) is 0 Å². The number of pyridine rings is 1. The fraction of sp³-hybridized carbons (Fsp3) is 0.217. The van der Waals surface area contributed by atoms with Crippen LogP contribution in [0.5, 0.6) is 5.75 Å². The van der Waals surface area contributed by atoms with E-state index in [1.165, 1.54) is 24.3 Å². The number of aromatic nitrogens is 1. The summed E-state index contributed by atoms with van der Waals surface area (Å²) in [6.07, 6.45) is 1.60. The molecule has 4 rings (SSSR count). The van der Waals surface area contributed by atoms with Crippen LogP contribution in [0.25, 0.3) is 0 Å². The van der Waals surface area contributed by atoms with Gasteiger partial charge in [-0.25, -0.2) is 13.4 Å². The first-order valence-electron chi connectivity index (χ1n) is 10.3. The molecule has 0 unspecified atom stereocenters. The van der Waals surface area contributed by atoms with Crippen LogP contribution < -0.4 is 14.4 Å². The summed E-state index contributed by atoms with van der Waals surface area (Å²) in [4.78, 5) is 21.2. The predicted molar refractivity (Wildman–Crippen MR) is 128 cm³/mol. The monoisotopic (exact) mass is 486 g/mol. The molecule has 0 bridgehead atoms.